The quantitative estimate of drug-likeness (QED) is 0.509. The standard InChI is InChI=1S/C6H10O3S/c1-5-4-6(7)2-3-10(5,8)9/h5H,2-4H2,1H3/t5-/m0/s1. The van der Waals surface area contributed by atoms with Crippen LogP contribution in [-0.4, -0.2) is 25.2 Å². The Hall–Kier alpha value is -0.380. The molecule has 0 amide bonds. The molecule has 1 atom stereocenters. The minimum Gasteiger partial charge on any atom is -0.300 e. The fraction of sp³-hybridized carbons (Fsp3) is 0.833. The Labute approximate surface area is 60.3 Å². The van der Waals surface area contributed by atoms with Crippen molar-refractivity contribution in [1.82, 2.24) is 0 Å². The summed E-state index contributed by atoms with van der Waals surface area (Å²) in [6.07, 6.45) is 0.426. The molecule has 0 spiro atoms. The molecule has 4 heteroatoms. The van der Waals surface area contributed by atoms with Gasteiger partial charge in [0.25, 0.3) is 0 Å². The Morgan fingerprint density at radius 1 is 1.50 bits per heavy atom. The number of carbonyl (C=O) groups is 1. The van der Waals surface area contributed by atoms with Crippen LogP contribution in [0.2, 0.25) is 0 Å². The third kappa shape index (κ3) is 1.37. The second-order valence-electron chi connectivity index (χ2n) is 2.67. The van der Waals surface area contributed by atoms with Gasteiger partial charge < -0.3 is 0 Å². The summed E-state index contributed by atoms with van der Waals surface area (Å²) in [5, 5.41) is -0.450. The summed E-state index contributed by atoms with van der Waals surface area (Å²) >= 11 is 0. The molecule has 1 rings (SSSR count). The van der Waals surface area contributed by atoms with Crippen molar-refractivity contribution in [2.24, 2.45) is 0 Å². The third-order valence-electron chi connectivity index (χ3n) is 1.79. The van der Waals surface area contributed by atoms with Gasteiger partial charge in [0.05, 0.1) is 11.0 Å². The minimum absolute atomic E-state index is 0.0486. The maximum atomic E-state index is 11.0. The van der Waals surface area contributed by atoms with Crippen molar-refractivity contribution in [3.05, 3.63) is 0 Å². The van der Waals surface area contributed by atoms with Gasteiger partial charge in [-0.05, 0) is 6.92 Å². The zero-order chi connectivity index (χ0) is 7.78. The maximum Gasteiger partial charge on any atom is 0.153 e. The van der Waals surface area contributed by atoms with Crippen molar-refractivity contribution >= 4 is 15.6 Å². The van der Waals surface area contributed by atoms with E-state index in [0.717, 1.165) is 0 Å². The van der Waals surface area contributed by atoms with Crippen LogP contribution >= 0.6 is 0 Å². The molecule has 0 radical (unpaired) electrons. The van der Waals surface area contributed by atoms with E-state index < -0.39 is 15.1 Å². The SMILES string of the molecule is C[C@H]1CC(=O)CCS1(=O)=O. The topological polar surface area (TPSA) is 51.2 Å². The van der Waals surface area contributed by atoms with E-state index in [0.29, 0.717) is 0 Å². The fourth-order valence-electron chi connectivity index (χ4n) is 1.01. The van der Waals surface area contributed by atoms with E-state index in [1.165, 1.54) is 0 Å². The summed E-state index contributed by atoms with van der Waals surface area (Å²) < 4.78 is 21.9. The zero-order valence-corrected chi connectivity index (χ0v) is 6.65. The molecule has 3 nitrogen and oxygen atoms in total. The van der Waals surface area contributed by atoms with E-state index >= 15 is 0 Å². The largest absolute Gasteiger partial charge is 0.300 e. The number of hydrogen-bond acceptors (Lipinski definition) is 3. The van der Waals surface area contributed by atoms with Crippen LogP contribution in [-0.2, 0) is 14.6 Å². The van der Waals surface area contributed by atoms with Crippen molar-refractivity contribution in [2.75, 3.05) is 5.75 Å². The van der Waals surface area contributed by atoms with E-state index in [4.69, 9.17) is 0 Å². The molecule has 58 valence electrons. The molecule has 0 bridgehead atoms. The number of sulfone groups is 1. The number of hydrogen-bond donors (Lipinski definition) is 0. The van der Waals surface area contributed by atoms with Crippen LogP contribution in [0.15, 0.2) is 0 Å². The fourth-order valence-corrected chi connectivity index (χ4v) is 2.36. The van der Waals surface area contributed by atoms with Crippen LogP contribution in [0.25, 0.3) is 0 Å². The highest BCUT2D eigenvalue weighted by Crippen LogP contribution is 2.15. The summed E-state index contributed by atoms with van der Waals surface area (Å²) in [6, 6.07) is 0. The Kier molecular flexibility index (Phi) is 1.81. The first-order chi connectivity index (χ1) is 4.52. The van der Waals surface area contributed by atoms with Crippen LogP contribution in [0.4, 0.5) is 0 Å². The van der Waals surface area contributed by atoms with Crippen LogP contribution in [0.1, 0.15) is 19.8 Å². The van der Waals surface area contributed by atoms with E-state index in [2.05, 4.69) is 0 Å². The summed E-state index contributed by atoms with van der Waals surface area (Å²) in [6.45, 7) is 1.59. The number of carbonyl (C=O) groups excluding carboxylic acids is 1. The van der Waals surface area contributed by atoms with Gasteiger partial charge in [0, 0.05) is 12.8 Å². The van der Waals surface area contributed by atoms with E-state index in [-0.39, 0.29) is 24.4 Å². The first-order valence-corrected chi connectivity index (χ1v) is 4.97. The molecule has 10 heavy (non-hydrogen) atoms. The van der Waals surface area contributed by atoms with Gasteiger partial charge in [0.15, 0.2) is 9.84 Å². The van der Waals surface area contributed by atoms with Crippen LogP contribution in [0.5, 0.6) is 0 Å². The molecule has 0 aliphatic carbocycles. The van der Waals surface area contributed by atoms with Crippen LogP contribution in [0, 0.1) is 0 Å². The average molecular weight is 162 g/mol. The second-order valence-corrected chi connectivity index (χ2v) is 5.21. The first-order valence-electron chi connectivity index (χ1n) is 3.25. The molecule has 0 aromatic heterocycles. The molecule has 0 unspecified atom stereocenters. The van der Waals surface area contributed by atoms with Gasteiger partial charge in [-0.25, -0.2) is 8.42 Å². The van der Waals surface area contributed by atoms with Crippen molar-refractivity contribution in [3.8, 4) is 0 Å². The highest BCUT2D eigenvalue weighted by atomic mass is 32.2. The normalized spacial score (nSPS) is 32.1. The van der Waals surface area contributed by atoms with Gasteiger partial charge in [-0.3, -0.25) is 4.79 Å². The van der Waals surface area contributed by atoms with Crippen molar-refractivity contribution in [1.29, 1.82) is 0 Å². The van der Waals surface area contributed by atoms with E-state index in [1.807, 2.05) is 0 Å². The van der Waals surface area contributed by atoms with Gasteiger partial charge >= 0.3 is 0 Å². The zero-order valence-electron chi connectivity index (χ0n) is 5.83. The Morgan fingerprint density at radius 3 is 2.50 bits per heavy atom. The monoisotopic (exact) mass is 162 g/mol. The molecule has 1 fully saturated rings. The molecule has 1 heterocycles. The van der Waals surface area contributed by atoms with Gasteiger partial charge in [0.2, 0.25) is 0 Å². The summed E-state index contributed by atoms with van der Waals surface area (Å²) in [5.41, 5.74) is 0. The molecular weight excluding hydrogens is 152 g/mol. The Balaban J connectivity index is 2.80. The summed E-state index contributed by atoms with van der Waals surface area (Å²) in [5.74, 6) is 0.120. The molecule has 1 aliphatic heterocycles. The lowest BCUT2D eigenvalue weighted by molar-refractivity contribution is -0.118. The van der Waals surface area contributed by atoms with Crippen molar-refractivity contribution in [2.45, 2.75) is 25.0 Å². The highest BCUT2D eigenvalue weighted by Gasteiger charge is 2.28. The second kappa shape index (κ2) is 2.34. The minimum atomic E-state index is -2.92. The Bertz CT molecular complexity index is 240. The number of rotatable bonds is 0. The molecule has 0 saturated carbocycles. The third-order valence-corrected chi connectivity index (χ3v) is 3.96. The van der Waals surface area contributed by atoms with Gasteiger partial charge in [-0.1, -0.05) is 0 Å². The van der Waals surface area contributed by atoms with Gasteiger partial charge in [-0.2, -0.15) is 0 Å². The molecular formula is C6H10O3S. The van der Waals surface area contributed by atoms with Crippen LogP contribution < -0.4 is 0 Å². The number of ketones is 1. The lowest BCUT2D eigenvalue weighted by Gasteiger charge is -2.16. The van der Waals surface area contributed by atoms with E-state index in [9.17, 15) is 13.2 Å². The van der Waals surface area contributed by atoms with E-state index in [1.54, 1.807) is 6.92 Å². The maximum absolute atomic E-state index is 11.0. The van der Waals surface area contributed by atoms with Crippen LogP contribution in [0.3, 0.4) is 0 Å². The molecule has 1 aliphatic rings. The predicted octanol–water partition coefficient (Wildman–Crippen LogP) is 0.153. The van der Waals surface area contributed by atoms with Gasteiger partial charge in [0.1, 0.15) is 5.78 Å². The summed E-state index contributed by atoms with van der Waals surface area (Å²) in [4.78, 5) is 10.7. The van der Waals surface area contributed by atoms with Crippen molar-refractivity contribution < 1.29 is 13.2 Å². The average Bonchev–Trinajstić information content (AvgIpc) is 1.81. The Morgan fingerprint density at radius 2 is 2.10 bits per heavy atom. The molecule has 0 N–H and O–H groups in total. The number of Topliss-reactive ketones (excluding diaryl/α,β-unsaturated/α-hetero) is 1. The highest BCUT2D eigenvalue weighted by molar-refractivity contribution is 7.92. The smallest absolute Gasteiger partial charge is 0.153 e. The molecule has 0 aromatic carbocycles. The first kappa shape index (κ1) is 7.72. The summed E-state index contributed by atoms with van der Waals surface area (Å²) in [7, 11) is -2.92. The lowest BCUT2D eigenvalue weighted by Crippen LogP contribution is -2.30. The predicted molar refractivity (Wildman–Crippen MR) is 37.5 cm³/mol. The van der Waals surface area contributed by atoms with Crippen molar-refractivity contribution in [3.63, 3.8) is 0 Å². The lowest BCUT2D eigenvalue weighted by atomic mass is 10.2. The van der Waals surface area contributed by atoms with Gasteiger partial charge in [-0.15, -0.1) is 0 Å². The molecule has 1 saturated heterocycles. The molecule has 0 aromatic rings.